The Morgan fingerprint density at radius 3 is 1.43 bits per heavy atom. The molecule has 0 amide bonds. The zero-order valence-electron chi connectivity index (χ0n) is 28.8. The molecule has 0 spiro atoms. The summed E-state index contributed by atoms with van der Waals surface area (Å²) in [4.78, 5) is 6.03. The van der Waals surface area contributed by atoms with Crippen molar-refractivity contribution in [2.75, 3.05) is 0 Å². The summed E-state index contributed by atoms with van der Waals surface area (Å²) >= 11 is 0. The van der Waals surface area contributed by atoms with Gasteiger partial charge in [0, 0.05) is 18.0 Å². The Morgan fingerprint density at radius 2 is 0.849 bits per heavy atom. The first kappa shape index (κ1) is 30.6. The third-order valence-corrected chi connectivity index (χ3v) is 10.2. The molecule has 0 radical (unpaired) electrons. The van der Waals surface area contributed by atoms with Gasteiger partial charge in [-0.3, -0.25) is 4.98 Å². The number of hydrogen-bond acceptors (Lipinski definition) is 3. The molecular formula is C49H32N4. The predicted octanol–water partition coefficient (Wildman–Crippen LogP) is 12.5. The van der Waals surface area contributed by atoms with Crippen LogP contribution in [0.1, 0.15) is 0 Å². The smallest absolute Gasteiger partial charge is 0.121 e. The summed E-state index contributed by atoms with van der Waals surface area (Å²) in [6, 6.07) is 64.7. The number of nitrogens with zero attached hydrogens (tertiary/aromatic N) is 4. The topological polar surface area (TPSA) is 43.6 Å². The Labute approximate surface area is 307 Å². The molecule has 4 heteroatoms. The third-order valence-electron chi connectivity index (χ3n) is 10.2. The van der Waals surface area contributed by atoms with Crippen LogP contribution in [0.25, 0.3) is 93.9 Å². The van der Waals surface area contributed by atoms with E-state index in [4.69, 9.17) is 10.2 Å². The minimum atomic E-state index is 0.839. The first-order chi connectivity index (χ1) is 26.2. The van der Waals surface area contributed by atoms with E-state index in [9.17, 15) is 0 Å². The molecule has 0 saturated carbocycles. The molecule has 0 atom stereocenters. The van der Waals surface area contributed by atoms with Crippen LogP contribution in [0.4, 0.5) is 0 Å². The van der Waals surface area contributed by atoms with Crippen LogP contribution in [0.15, 0.2) is 194 Å². The highest BCUT2D eigenvalue weighted by Crippen LogP contribution is 2.36. The fraction of sp³-hybridized carbons (Fsp3) is 0. The van der Waals surface area contributed by atoms with Crippen LogP contribution in [0.2, 0.25) is 0 Å². The van der Waals surface area contributed by atoms with Crippen molar-refractivity contribution < 1.29 is 0 Å². The molecule has 0 aliphatic carbocycles. The highest BCUT2D eigenvalue weighted by Gasteiger charge is 2.15. The summed E-state index contributed by atoms with van der Waals surface area (Å²) < 4.78 is 0. The standard InChI is InChI=1S/C49H32N4/c1-3-8-40-28-42(21-17-33(40)6-1)35-11-13-38(14-12-35)45-30-47(39-19-15-36(16-20-39)43-22-18-34-7-2-4-9-41(34)29-43)49-48(31-45)51-53(52-49)46-25-23-37(24-26-46)44-10-5-27-50-32-44/h1-32H. The van der Waals surface area contributed by atoms with Gasteiger partial charge in [0.25, 0.3) is 0 Å². The second kappa shape index (κ2) is 12.9. The first-order valence-electron chi connectivity index (χ1n) is 17.8. The van der Waals surface area contributed by atoms with Gasteiger partial charge in [-0.1, -0.05) is 140 Å². The number of aromatic nitrogens is 4. The quantitative estimate of drug-likeness (QED) is 0.176. The largest absolute Gasteiger partial charge is 0.264 e. The molecule has 0 bridgehead atoms. The number of benzene rings is 8. The van der Waals surface area contributed by atoms with Gasteiger partial charge in [-0.15, -0.1) is 10.2 Å². The van der Waals surface area contributed by atoms with Gasteiger partial charge in [0.05, 0.1) is 5.69 Å². The van der Waals surface area contributed by atoms with Crippen LogP contribution in [0.5, 0.6) is 0 Å². The van der Waals surface area contributed by atoms with Gasteiger partial charge in [-0.25, -0.2) is 0 Å². The summed E-state index contributed by atoms with van der Waals surface area (Å²) in [6.45, 7) is 0. The molecule has 0 aliphatic rings. The van der Waals surface area contributed by atoms with Gasteiger partial charge in [-0.05, 0) is 114 Å². The van der Waals surface area contributed by atoms with Gasteiger partial charge in [0.2, 0.25) is 0 Å². The van der Waals surface area contributed by atoms with Gasteiger partial charge in [-0.2, -0.15) is 4.80 Å². The van der Waals surface area contributed by atoms with Crippen LogP contribution in [0.3, 0.4) is 0 Å². The third kappa shape index (κ3) is 5.82. The van der Waals surface area contributed by atoms with E-state index in [2.05, 4.69) is 181 Å². The van der Waals surface area contributed by atoms with Crippen LogP contribution >= 0.6 is 0 Å². The number of rotatable bonds is 6. The molecule has 0 saturated heterocycles. The normalized spacial score (nSPS) is 11.4. The van der Waals surface area contributed by atoms with E-state index in [1.165, 1.54) is 43.8 Å². The second-order valence-corrected chi connectivity index (χ2v) is 13.4. The van der Waals surface area contributed by atoms with E-state index in [0.29, 0.717) is 0 Å². The second-order valence-electron chi connectivity index (χ2n) is 13.4. The number of hydrogen-bond donors (Lipinski definition) is 0. The lowest BCUT2D eigenvalue weighted by atomic mass is 9.94. The molecule has 53 heavy (non-hydrogen) atoms. The molecule has 248 valence electrons. The van der Waals surface area contributed by atoms with Crippen LogP contribution in [0, 0.1) is 0 Å². The zero-order chi connectivity index (χ0) is 35.1. The molecule has 8 aromatic carbocycles. The fourth-order valence-electron chi connectivity index (χ4n) is 7.28. The summed E-state index contributed by atoms with van der Waals surface area (Å²) in [5, 5.41) is 15.1. The predicted molar refractivity (Wildman–Crippen MR) is 219 cm³/mol. The van der Waals surface area contributed by atoms with Gasteiger partial charge in [0.15, 0.2) is 0 Å². The minimum absolute atomic E-state index is 0.839. The van der Waals surface area contributed by atoms with Crippen molar-refractivity contribution in [3.8, 4) is 61.3 Å². The van der Waals surface area contributed by atoms with Gasteiger partial charge >= 0.3 is 0 Å². The number of pyridine rings is 1. The highest BCUT2D eigenvalue weighted by molar-refractivity contribution is 5.96. The Balaban J connectivity index is 1.05. The van der Waals surface area contributed by atoms with E-state index >= 15 is 0 Å². The number of fused-ring (bicyclic) bond motifs is 3. The van der Waals surface area contributed by atoms with Crippen molar-refractivity contribution >= 4 is 32.6 Å². The molecule has 0 fully saturated rings. The van der Waals surface area contributed by atoms with Gasteiger partial charge < -0.3 is 0 Å². The average Bonchev–Trinajstić information content (AvgIpc) is 3.68. The van der Waals surface area contributed by atoms with Crippen molar-refractivity contribution in [2.24, 2.45) is 0 Å². The fourth-order valence-corrected chi connectivity index (χ4v) is 7.28. The van der Waals surface area contributed by atoms with E-state index in [1.807, 2.05) is 12.3 Å². The summed E-state index contributed by atoms with van der Waals surface area (Å²) in [6.07, 6.45) is 3.67. The Morgan fingerprint density at radius 1 is 0.340 bits per heavy atom. The lowest BCUT2D eigenvalue weighted by Gasteiger charge is -2.10. The summed E-state index contributed by atoms with van der Waals surface area (Å²) in [5.74, 6) is 0. The monoisotopic (exact) mass is 676 g/mol. The molecule has 0 N–H and O–H groups in total. The lowest BCUT2D eigenvalue weighted by molar-refractivity contribution is 0.766. The molecule has 2 heterocycles. The maximum Gasteiger partial charge on any atom is 0.121 e. The Kier molecular flexibility index (Phi) is 7.43. The maximum atomic E-state index is 5.08. The maximum absolute atomic E-state index is 5.08. The molecule has 0 unspecified atom stereocenters. The molecule has 2 aromatic heterocycles. The average molecular weight is 677 g/mol. The van der Waals surface area contributed by atoms with Crippen molar-refractivity contribution in [2.45, 2.75) is 0 Å². The SMILES string of the molecule is c1cncc(-c2ccc(-n3nc4cc(-c5ccc(-c6ccc7ccccc7c6)cc5)cc(-c5ccc(-c6ccc7ccccc7c6)cc5)c4n3)cc2)c1. The van der Waals surface area contributed by atoms with Crippen molar-refractivity contribution in [3.63, 3.8) is 0 Å². The summed E-state index contributed by atoms with van der Waals surface area (Å²) in [5.41, 5.74) is 13.9. The summed E-state index contributed by atoms with van der Waals surface area (Å²) in [7, 11) is 0. The molecule has 4 nitrogen and oxygen atoms in total. The van der Waals surface area contributed by atoms with E-state index in [-0.39, 0.29) is 0 Å². The Hall–Kier alpha value is -7.17. The molecular weight excluding hydrogens is 645 g/mol. The van der Waals surface area contributed by atoms with Crippen molar-refractivity contribution in [1.29, 1.82) is 0 Å². The van der Waals surface area contributed by atoms with E-state index < -0.39 is 0 Å². The van der Waals surface area contributed by atoms with E-state index in [0.717, 1.165) is 50.1 Å². The Bertz CT molecular complexity index is 2910. The minimum Gasteiger partial charge on any atom is -0.264 e. The van der Waals surface area contributed by atoms with Gasteiger partial charge in [0.1, 0.15) is 11.0 Å². The zero-order valence-corrected chi connectivity index (χ0v) is 28.8. The van der Waals surface area contributed by atoms with Crippen LogP contribution in [-0.4, -0.2) is 20.0 Å². The van der Waals surface area contributed by atoms with Crippen molar-refractivity contribution in [3.05, 3.63) is 194 Å². The van der Waals surface area contributed by atoms with E-state index in [1.54, 1.807) is 11.0 Å². The van der Waals surface area contributed by atoms with Crippen LogP contribution < -0.4 is 0 Å². The molecule has 0 aliphatic heterocycles. The molecule has 10 aromatic rings. The van der Waals surface area contributed by atoms with Crippen molar-refractivity contribution in [1.82, 2.24) is 20.0 Å². The highest BCUT2D eigenvalue weighted by atomic mass is 15.5. The van der Waals surface area contributed by atoms with Crippen LogP contribution in [-0.2, 0) is 0 Å². The first-order valence-corrected chi connectivity index (χ1v) is 17.8. The molecule has 10 rings (SSSR count). The lowest BCUT2D eigenvalue weighted by Crippen LogP contribution is -1.98.